The largest absolute Gasteiger partial charge is 0.359 e. The zero-order valence-corrected chi connectivity index (χ0v) is 18.2. The quantitative estimate of drug-likeness (QED) is 0.665. The van der Waals surface area contributed by atoms with Gasteiger partial charge >= 0.3 is 0 Å². The van der Waals surface area contributed by atoms with Crippen molar-refractivity contribution in [2.75, 3.05) is 5.32 Å². The third-order valence-electron chi connectivity index (χ3n) is 5.36. The Labute approximate surface area is 185 Å². The van der Waals surface area contributed by atoms with E-state index in [0.717, 1.165) is 22.4 Å². The molecule has 0 saturated heterocycles. The van der Waals surface area contributed by atoms with Crippen molar-refractivity contribution in [2.24, 2.45) is 4.99 Å². The van der Waals surface area contributed by atoms with Crippen LogP contribution in [0.2, 0.25) is 0 Å². The molecule has 1 aliphatic heterocycles. The van der Waals surface area contributed by atoms with Gasteiger partial charge in [0.1, 0.15) is 11.8 Å². The number of hydrogen-bond acceptors (Lipinski definition) is 5. The Morgan fingerprint density at radius 2 is 1.78 bits per heavy atom. The second-order valence-corrected chi connectivity index (χ2v) is 7.73. The van der Waals surface area contributed by atoms with Crippen LogP contribution >= 0.6 is 0 Å². The molecule has 1 aliphatic rings. The van der Waals surface area contributed by atoms with E-state index >= 15 is 0 Å². The van der Waals surface area contributed by atoms with Gasteiger partial charge in [-0.1, -0.05) is 55.1 Å². The number of pyridine rings is 1. The van der Waals surface area contributed by atoms with E-state index in [4.69, 9.17) is 4.84 Å². The van der Waals surface area contributed by atoms with E-state index in [1.165, 1.54) is 4.57 Å². The predicted octanol–water partition coefficient (Wildman–Crippen LogP) is 1.87. The van der Waals surface area contributed by atoms with Crippen LogP contribution in [0.1, 0.15) is 22.4 Å². The fraction of sp³-hybridized carbons (Fsp3) is 0.160. The molecule has 0 spiro atoms. The van der Waals surface area contributed by atoms with E-state index in [2.05, 4.69) is 22.4 Å². The topological polar surface area (TPSA) is 84.7 Å². The smallest absolute Gasteiger partial charge is 0.264 e. The minimum absolute atomic E-state index is 0.128. The van der Waals surface area contributed by atoms with Gasteiger partial charge in [-0.15, -0.1) is 0 Å². The lowest BCUT2D eigenvalue weighted by Gasteiger charge is -2.14. The molecule has 1 aromatic heterocycles. The van der Waals surface area contributed by atoms with Crippen molar-refractivity contribution in [3.63, 3.8) is 0 Å². The Hall–Kier alpha value is -4.13. The summed E-state index contributed by atoms with van der Waals surface area (Å²) in [6.45, 7) is 9.47. The Morgan fingerprint density at radius 1 is 1.09 bits per heavy atom. The number of aromatic nitrogens is 1. The molecular formula is C25H24N4O3. The van der Waals surface area contributed by atoms with Crippen molar-refractivity contribution in [1.82, 2.24) is 10.0 Å². The van der Waals surface area contributed by atoms with Gasteiger partial charge in [-0.3, -0.25) is 9.59 Å². The molecule has 2 heterocycles. The van der Waals surface area contributed by atoms with Crippen LogP contribution < -0.4 is 26.8 Å². The van der Waals surface area contributed by atoms with Crippen LogP contribution in [-0.4, -0.2) is 16.3 Å². The van der Waals surface area contributed by atoms with Crippen molar-refractivity contribution in [1.29, 1.82) is 0 Å². The molecule has 0 aliphatic carbocycles. The molecule has 0 unspecified atom stereocenters. The molecule has 0 saturated carbocycles. The Balaban J connectivity index is 1.72. The lowest BCUT2D eigenvalue weighted by Crippen LogP contribution is -2.47. The summed E-state index contributed by atoms with van der Waals surface area (Å²) < 4.78 is 1.40. The number of hydrogen-bond donors (Lipinski definition) is 2. The second-order valence-electron chi connectivity index (χ2n) is 7.73. The van der Waals surface area contributed by atoms with Crippen LogP contribution in [0.15, 0.2) is 64.4 Å². The van der Waals surface area contributed by atoms with Crippen molar-refractivity contribution in [3.05, 3.63) is 97.8 Å². The first-order chi connectivity index (χ1) is 15.3. The molecule has 4 rings (SSSR count). The van der Waals surface area contributed by atoms with E-state index in [0.29, 0.717) is 16.7 Å². The molecule has 2 N–H and O–H groups in total. The minimum atomic E-state index is -0.387. The number of nitrogens with one attached hydrogen (secondary N) is 2. The van der Waals surface area contributed by atoms with Gasteiger partial charge in [0.15, 0.2) is 5.84 Å². The maximum Gasteiger partial charge on any atom is 0.264 e. The SMILES string of the molecule is C=c1cc(C)n(CC(=O)Nc2c(C)cccc2C)c(=O)c1=C1N=C(c2ccccc2)NO1. The molecule has 0 fully saturated rings. The number of carbonyl (C=O) groups is 1. The Bertz CT molecular complexity index is 1390. The minimum Gasteiger partial charge on any atom is -0.359 e. The molecule has 2 aromatic carbocycles. The number of benzene rings is 2. The van der Waals surface area contributed by atoms with Crippen molar-refractivity contribution in [2.45, 2.75) is 27.3 Å². The van der Waals surface area contributed by atoms with E-state index in [1.54, 1.807) is 13.0 Å². The highest BCUT2D eigenvalue weighted by Crippen LogP contribution is 2.19. The van der Waals surface area contributed by atoms with E-state index in [1.807, 2.05) is 62.4 Å². The summed E-state index contributed by atoms with van der Waals surface area (Å²) in [6.07, 6.45) is 0. The fourth-order valence-electron chi connectivity index (χ4n) is 3.66. The third kappa shape index (κ3) is 4.05. The van der Waals surface area contributed by atoms with Gasteiger partial charge in [0.05, 0.1) is 0 Å². The van der Waals surface area contributed by atoms with Gasteiger partial charge in [0, 0.05) is 16.9 Å². The molecule has 0 atom stereocenters. The van der Waals surface area contributed by atoms with Gasteiger partial charge in [0.25, 0.3) is 11.4 Å². The van der Waals surface area contributed by atoms with Crippen molar-refractivity contribution < 1.29 is 9.63 Å². The van der Waals surface area contributed by atoms with Crippen LogP contribution in [0, 0.1) is 20.8 Å². The van der Waals surface area contributed by atoms with Crippen LogP contribution in [-0.2, 0) is 16.2 Å². The van der Waals surface area contributed by atoms with Gasteiger partial charge in [-0.2, -0.15) is 4.99 Å². The first-order valence-corrected chi connectivity index (χ1v) is 10.2. The number of amides is 1. The highest BCUT2D eigenvalue weighted by molar-refractivity contribution is 6.01. The highest BCUT2D eigenvalue weighted by Gasteiger charge is 2.18. The van der Waals surface area contributed by atoms with Crippen LogP contribution in [0.4, 0.5) is 5.69 Å². The molecule has 3 aromatic rings. The lowest BCUT2D eigenvalue weighted by molar-refractivity contribution is -0.116. The van der Waals surface area contributed by atoms with E-state index < -0.39 is 0 Å². The summed E-state index contributed by atoms with van der Waals surface area (Å²) in [4.78, 5) is 36.0. The van der Waals surface area contributed by atoms with Crippen LogP contribution in [0.5, 0.6) is 0 Å². The number of hydroxylamine groups is 1. The molecular weight excluding hydrogens is 404 g/mol. The van der Waals surface area contributed by atoms with E-state index in [9.17, 15) is 9.59 Å². The molecule has 32 heavy (non-hydrogen) atoms. The van der Waals surface area contributed by atoms with Crippen LogP contribution in [0.25, 0.3) is 12.5 Å². The van der Waals surface area contributed by atoms with Gasteiger partial charge in [0.2, 0.25) is 5.91 Å². The monoisotopic (exact) mass is 428 g/mol. The highest BCUT2D eigenvalue weighted by atomic mass is 16.7. The first-order valence-electron chi connectivity index (χ1n) is 10.2. The average molecular weight is 428 g/mol. The Kier molecular flexibility index (Phi) is 5.64. The summed E-state index contributed by atoms with van der Waals surface area (Å²) >= 11 is 0. The van der Waals surface area contributed by atoms with E-state index in [-0.39, 0.29) is 29.1 Å². The standard InChI is InChI=1S/C25H24N4O3/c1-15-9-8-10-16(2)22(15)26-20(30)14-29-18(4)13-17(3)21(25(29)31)24-27-23(28-32-24)19-11-6-5-7-12-19/h5-13H,3,14H2,1-2,4H3,(H,26,30)(H,27,28). The zero-order valence-electron chi connectivity index (χ0n) is 18.2. The second kappa shape index (κ2) is 8.55. The lowest BCUT2D eigenvalue weighted by atomic mass is 10.1. The number of para-hydroxylation sites is 1. The molecule has 7 nitrogen and oxygen atoms in total. The van der Waals surface area contributed by atoms with Crippen molar-refractivity contribution in [3.8, 4) is 0 Å². The summed E-state index contributed by atoms with van der Waals surface area (Å²) in [5, 5.41) is 3.62. The molecule has 0 radical (unpaired) electrons. The number of nitrogens with zero attached hydrogens (tertiary/aromatic N) is 2. The third-order valence-corrected chi connectivity index (χ3v) is 5.36. The summed E-state index contributed by atoms with van der Waals surface area (Å²) in [5.74, 6) is 0.335. The maximum absolute atomic E-state index is 13.3. The van der Waals surface area contributed by atoms with Gasteiger partial charge < -0.3 is 14.7 Å². The number of rotatable bonds is 4. The number of aliphatic imine (C=N–C) groups is 1. The first kappa shape index (κ1) is 21.1. The summed E-state index contributed by atoms with van der Waals surface area (Å²) in [5.41, 5.74) is 6.49. The predicted molar refractivity (Wildman–Crippen MR) is 125 cm³/mol. The van der Waals surface area contributed by atoms with Gasteiger partial charge in [-0.25, -0.2) is 5.48 Å². The molecule has 7 heteroatoms. The molecule has 1 amide bonds. The summed E-state index contributed by atoms with van der Waals surface area (Å²) in [7, 11) is 0. The Morgan fingerprint density at radius 3 is 2.47 bits per heavy atom. The van der Waals surface area contributed by atoms with Crippen LogP contribution in [0.3, 0.4) is 0 Å². The number of aryl methyl sites for hydroxylation is 3. The summed E-state index contributed by atoms with van der Waals surface area (Å²) in [6, 6.07) is 17.0. The number of anilines is 1. The van der Waals surface area contributed by atoms with Crippen molar-refractivity contribution >= 4 is 29.9 Å². The zero-order chi connectivity index (χ0) is 22.8. The number of amidine groups is 1. The average Bonchev–Trinajstić information content (AvgIpc) is 3.24. The normalized spacial score (nSPS) is 14.4. The maximum atomic E-state index is 13.3. The van der Waals surface area contributed by atoms with Gasteiger partial charge in [-0.05, 0) is 43.2 Å². The fourth-order valence-corrected chi connectivity index (χ4v) is 3.66. The molecule has 162 valence electrons. The number of carbonyl (C=O) groups excluding carboxylic acids is 1. The molecule has 0 bridgehead atoms.